The quantitative estimate of drug-likeness (QED) is 0.664. The summed E-state index contributed by atoms with van der Waals surface area (Å²) in [5, 5.41) is 2.92. The van der Waals surface area contributed by atoms with Gasteiger partial charge in [0.15, 0.2) is 0 Å². The number of hydrogen-bond donors (Lipinski definition) is 2. The molecule has 0 aromatic carbocycles. The van der Waals surface area contributed by atoms with Crippen LogP contribution in [0.2, 0.25) is 0 Å². The predicted octanol–water partition coefficient (Wildman–Crippen LogP) is 0.903. The smallest absolute Gasteiger partial charge is 0.246 e. The summed E-state index contributed by atoms with van der Waals surface area (Å²) in [4.78, 5) is 11.5. The molecule has 0 aliphatic heterocycles. The van der Waals surface area contributed by atoms with Gasteiger partial charge in [0.05, 0.1) is 0 Å². The summed E-state index contributed by atoms with van der Waals surface area (Å²) in [7, 11) is 0. The van der Waals surface area contributed by atoms with Gasteiger partial charge in [0.1, 0.15) is 6.61 Å². The first-order chi connectivity index (χ1) is 6.93. The fourth-order valence-corrected chi connectivity index (χ4v) is 1.65. The molecule has 0 aromatic rings. The van der Waals surface area contributed by atoms with Gasteiger partial charge in [0, 0.05) is 18.7 Å². The molecule has 3 N–H and O–H groups in total. The van der Waals surface area contributed by atoms with Crippen LogP contribution >= 0.6 is 0 Å². The molecule has 90 valence electrons. The topological polar surface area (TPSA) is 64.3 Å². The van der Waals surface area contributed by atoms with E-state index in [0.29, 0.717) is 19.1 Å². The molecule has 0 saturated heterocycles. The van der Waals surface area contributed by atoms with Crippen LogP contribution in [0.3, 0.4) is 0 Å². The molecule has 0 rings (SSSR count). The molecule has 0 aliphatic rings. The third-order valence-electron chi connectivity index (χ3n) is 2.19. The molecule has 0 aromatic heterocycles. The second kappa shape index (κ2) is 6.80. The van der Waals surface area contributed by atoms with Crippen molar-refractivity contribution in [3.8, 4) is 0 Å². The molecule has 15 heavy (non-hydrogen) atoms. The summed E-state index contributed by atoms with van der Waals surface area (Å²) in [6.45, 7) is 9.18. The summed E-state index contributed by atoms with van der Waals surface area (Å²) < 4.78 is 5.04. The highest BCUT2D eigenvalue weighted by Crippen LogP contribution is 2.14. The van der Waals surface area contributed by atoms with Crippen LogP contribution < -0.4 is 11.1 Å². The zero-order valence-corrected chi connectivity index (χ0v) is 10.3. The maximum absolute atomic E-state index is 11.5. The predicted molar refractivity (Wildman–Crippen MR) is 61.6 cm³/mol. The molecule has 1 atom stereocenters. The Labute approximate surface area is 92.6 Å². The summed E-state index contributed by atoms with van der Waals surface area (Å²) in [5.41, 5.74) is 5.36. The lowest BCUT2D eigenvalue weighted by Crippen LogP contribution is -2.53. The molecular formula is C11H24N2O2. The number of nitrogens with one attached hydrogen (secondary N) is 1. The Balaban J connectivity index is 4.11. The van der Waals surface area contributed by atoms with Gasteiger partial charge in [-0.25, -0.2) is 0 Å². The lowest BCUT2D eigenvalue weighted by molar-refractivity contribution is -0.127. The van der Waals surface area contributed by atoms with Gasteiger partial charge in [-0.05, 0) is 26.2 Å². The van der Waals surface area contributed by atoms with Crippen molar-refractivity contribution in [3.05, 3.63) is 0 Å². The number of amides is 1. The summed E-state index contributed by atoms with van der Waals surface area (Å²) in [6.07, 6.45) is 0.876. The van der Waals surface area contributed by atoms with Crippen LogP contribution in [0.15, 0.2) is 0 Å². The van der Waals surface area contributed by atoms with Gasteiger partial charge in [0.2, 0.25) is 5.91 Å². The van der Waals surface area contributed by atoms with Crippen molar-refractivity contribution in [1.82, 2.24) is 5.32 Å². The van der Waals surface area contributed by atoms with Gasteiger partial charge in [-0.3, -0.25) is 4.79 Å². The largest absolute Gasteiger partial charge is 0.372 e. The molecule has 4 nitrogen and oxygen atoms in total. The van der Waals surface area contributed by atoms with Gasteiger partial charge < -0.3 is 15.8 Å². The number of carbonyl (C=O) groups excluding carboxylic acids is 1. The van der Waals surface area contributed by atoms with E-state index in [2.05, 4.69) is 19.2 Å². The molecule has 1 unspecified atom stereocenters. The van der Waals surface area contributed by atoms with E-state index in [1.807, 2.05) is 13.8 Å². The molecule has 0 bridgehead atoms. The standard InChI is InChI=1S/C11H24N2O2/c1-5-15-7-10(14)13-11(4,8-12)6-9(2)3/h9H,5-8,12H2,1-4H3,(H,13,14). The van der Waals surface area contributed by atoms with E-state index < -0.39 is 0 Å². The maximum Gasteiger partial charge on any atom is 0.246 e. The van der Waals surface area contributed by atoms with Gasteiger partial charge in [-0.15, -0.1) is 0 Å². The lowest BCUT2D eigenvalue weighted by atomic mass is 9.91. The first kappa shape index (κ1) is 14.4. The normalized spacial score (nSPS) is 15.1. The molecular weight excluding hydrogens is 192 g/mol. The van der Waals surface area contributed by atoms with Crippen LogP contribution in [0.1, 0.15) is 34.1 Å². The van der Waals surface area contributed by atoms with E-state index in [4.69, 9.17) is 10.5 Å². The molecule has 0 spiro atoms. The monoisotopic (exact) mass is 216 g/mol. The van der Waals surface area contributed by atoms with E-state index >= 15 is 0 Å². The van der Waals surface area contributed by atoms with Crippen molar-refractivity contribution in [2.45, 2.75) is 39.7 Å². The van der Waals surface area contributed by atoms with Crippen molar-refractivity contribution < 1.29 is 9.53 Å². The highest BCUT2D eigenvalue weighted by atomic mass is 16.5. The fourth-order valence-electron chi connectivity index (χ4n) is 1.65. The van der Waals surface area contributed by atoms with E-state index in [1.54, 1.807) is 0 Å². The molecule has 0 radical (unpaired) electrons. The Morgan fingerprint density at radius 3 is 2.53 bits per heavy atom. The molecule has 0 heterocycles. The summed E-state index contributed by atoms with van der Waals surface area (Å²) in [6, 6.07) is 0. The average molecular weight is 216 g/mol. The van der Waals surface area contributed by atoms with Crippen molar-refractivity contribution in [2.75, 3.05) is 19.8 Å². The highest BCUT2D eigenvalue weighted by Gasteiger charge is 2.25. The first-order valence-corrected chi connectivity index (χ1v) is 5.52. The fraction of sp³-hybridized carbons (Fsp3) is 0.909. The van der Waals surface area contributed by atoms with Crippen LogP contribution in [0.25, 0.3) is 0 Å². The Kier molecular flexibility index (Phi) is 6.52. The third kappa shape index (κ3) is 6.47. The van der Waals surface area contributed by atoms with Crippen molar-refractivity contribution in [1.29, 1.82) is 0 Å². The number of carbonyl (C=O) groups is 1. The van der Waals surface area contributed by atoms with Crippen molar-refractivity contribution >= 4 is 5.91 Å². The van der Waals surface area contributed by atoms with E-state index in [0.717, 1.165) is 6.42 Å². The zero-order valence-electron chi connectivity index (χ0n) is 10.3. The minimum Gasteiger partial charge on any atom is -0.372 e. The highest BCUT2D eigenvalue weighted by molar-refractivity contribution is 5.78. The molecule has 0 aliphatic carbocycles. The third-order valence-corrected chi connectivity index (χ3v) is 2.19. The van der Waals surface area contributed by atoms with E-state index in [9.17, 15) is 4.79 Å². The van der Waals surface area contributed by atoms with Gasteiger partial charge in [-0.1, -0.05) is 13.8 Å². The Morgan fingerprint density at radius 2 is 2.13 bits per heavy atom. The average Bonchev–Trinajstić information content (AvgIpc) is 2.13. The summed E-state index contributed by atoms with van der Waals surface area (Å²) in [5.74, 6) is 0.413. The number of nitrogens with two attached hydrogens (primary N) is 1. The Bertz CT molecular complexity index is 195. The first-order valence-electron chi connectivity index (χ1n) is 5.52. The van der Waals surface area contributed by atoms with Crippen molar-refractivity contribution in [2.24, 2.45) is 11.7 Å². The molecule has 0 saturated carbocycles. The second-order valence-corrected chi connectivity index (χ2v) is 4.55. The van der Waals surface area contributed by atoms with E-state index in [-0.39, 0.29) is 18.1 Å². The molecule has 1 amide bonds. The molecule has 4 heteroatoms. The minimum atomic E-state index is -0.317. The number of ether oxygens (including phenoxy) is 1. The summed E-state index contributed by atoms with van der Waals surface area (Å²) >= 11 is 0. The van der Waals surface area contributed by atoms with Gasteiger partial charge >= 0.3 is 0 Å². The minimum absolute atomic E-state index is 0.0922. The molecule has 0 fully saturated rings. The van der Waals surface area contributed by atoms with Crippen LogP contribution in [-0.2, 0) is 9.53 Å². The lowest BCUT2D eigenvalue weighted by Gasteiger charge is -2.31. The van der Waals surface area contributed by atoms with Crippen LogP contribution in [0.5, 0.6) is 0 Å². The Hall–Kier alpha value is -0.610. The van der Waals surface area contributed by atoms with Crippen LogP contribution in [-0.4, -0.2) is 31.2 Å². The van der Waals surface area contributed by atoms with Gasteiger partial charge in [-0.2, -0.15) is 0 Å². The second-order valence-electron chi connectivity index (χ2n) is 4.55. The maximum atomic E-state index is 11.5. The van der Waals surface area contributed by atoms with Crippen LogP contribution in [0.4, 0.5) is 0 Å². The number of rotatable bonds is 7. The zero-order chi connectivity index (χ0) is 11.9. The van der Waals surface area contributed by atoms with Crippen LogP contribution in [0, 0.1) is 5.92 Å². The Morgan fingerprint density at radius 1 is 1.53 bits per heavy atom. The SMILES string of the molecule is CCOCC(=O)NC(C)(CN)CC(C)C. The van der Waals surface area contributed by atoms with Crippen molar-refractivity contribution in [3.63, 3.8) is 0 Å². The van der Waals surface area contributed by atoms with E-state index in [1.165, 1.54) is 0 Å². The van der Waals surface area contributed by atoms with Gasteiger partial charge in [0.25, 0.3) is 0 Å². The number of hydrogen-bond acceptors (Lipinski definition) is 3.